The van der Waals surface area contributed by atoms with E-state index in [0.717, 1.165) is 4.57 Å². The largest absolute Gasteiger partial charge is 0.460 e. The first-order chi connectivity index (χ1) is 25.9. The van der Waals surface area contributed by atoms with Crippen molar-refractivity contribution in [2.75, 3.05) is 43.6 Å². The second kappa shape index (κ2) is 22.1. The number of halogens is 1. The Kier molecular flexibility index (Phi) is 18.6. The average molecular weight is 810 g/mol. The number of esters is 2. The second-order valence-electron chi connectivity index (χ2n) is 14.2. The van der Waals surface area contributed by atoms with Crippen molar-refractivity contribution < 1.29 is 68.0 Å². The number of nitrogens with zero attached hydrogens (tertiary/aromatic N) is 2. The van der Waals surface area contributed by atoms with Crippen molar-refractivity contribution in [2.24, 2.45) is 0 Å². The van der Waals surface area contributed by atoms with E-state index in [-0.39, 0.29) is 56.2 Å². The first kappa shape index (κ1) is 46.4. The van der Waals surface area contributed by atoms with Crippen LogP contribution in [0.2, 0.25) is 0 Å². The minimum absolute atomic E-state index is 0.0126. The lowest BCUT2D eigenvalue weighted by molar-refractivity contribution is -0.292. The number of amides is 1. The third kappa shape index (κ3) is 15.1. The highest BCUT2D eigenvalue weighted by atomic mass is 32.2. The van der Waals surface area contributed by atoms with Crippen LogP contribution in [-0.4, -0.2) is 158 Å². The van der Waals surface area contributed by atoms with Crippen LogP contribution in [0.5, 0.6) is 0 Å². The Morgan fingerprint density at radius 3 is 2.53 bits per heavy atom. The smallest absolute Gasteiger partial charge is 0.351 e. The lowest BCUT2D eigenvalue weighted by atomic mass is 10.0. The summed E-state index contributed by atoms with van der Waals surface area (Å²) in [4.78, 5) is 53.3. The van der Waals surface area contributed by atoms with Gasteiger partial charge in [-0.15, -0.1) is 0 Å². The van der Waals surface area contributed by atoms with Crippen LogP contribution < -0.4 is 22.1 Å². The molecule has 2 fully saturated rings. The van der Waals surface area contributed by atoms with E-state index in [4.69, 9.17) is 29.4 Å². The zero-order valence-corrected chi connectivity index (χ0v) is 32.3. The highest BCUT2D eigenvalue weighted by molar-refractivity contribution is 7.99. The van der Waals surface area contributed by atoms with E-state index in [9.17, 15) is 49.1 Å². The molecule has 3 unspecified atom stereocenters. The fourth-order valence-corrected chi connectivity index (χ4v) is 6.72. The van der Waals surface area contributed by atoms with Crippen molar-refractivity contribution in [1.82, 2.24) is 20.2 Å². The number of aliphatic hydroxyl groups is 5. The first-order valence-electron chi connectivity index (χ1n) is 18.2. The Morgan fingerprint density at radius 2 is 1.87 bits per heavy atom. The molecule has 19 nitrogen and oxygen atoms in total. The van der Waals surface area contributed by atoms with Gasteiger partial charge in [-0.2, -0.15) is 16.7 Å². The minimum atomic E-state index is -1.57. The number of hydrogen-bond acceptors (Lipinski definition) is 18. The topological polar surface area (TPSA) is 283 Å². The highest BCUT2D eigenvalue weighted by Gasteiger charge is 2.40. The van der Waals surface area contributed by atoms with Gasteiger partial charge in [0.25, 0.3) is 0 Å². The third-order valence-electron chi connectivity index (χ3n) is 9.03. The predicted octanol–water partition coefficient (Wildman–Crippen LogP) is -1.73. The summed E-state index contributed by atoms with van der Waals surface area (Å²) in [6, 6.07) is 0.557. The average Bonchev–Trinajstić information content (AvgIpc) is 3.49. The van der Waals surface area contributed by atoms with Crippen molar-refractivity contribution in [2.45, 2.75) is 133 Å². The van der Waals surface area contributed by atoms with E-state index in [1.165, 1.54) is 30.9 Å². The van der Waals surface area contributed by atoms with Crippen LogP contribution >= 0.6 is 11.8 Å². The predicted molar refractivity (Wildman–Crippen MR) is 194 cm³/mol. The molecule has 0 aromatic carbocycles. The number of hydrogen-bond donors (Lipinski definition) is 8. The van der Waals surface area contributed by atoms with Crippen molar-refractivity contribution in [3.63, 3.8) is 0 Å². The molecule has 1 aromatic heterocycles. The standard InChI is InChI=1S/C34H56FN5O14S/c1-5-34(3,4)39-21(16-55-17-24(45)25(10-18(2)42)53-32-23(44)12-22(43)26(13-41)54-32)30(48)37-8-6-28(46)51-15-29(47)50-14-19-11-20(35)31(52-19)40-9-7-27(36)38-33(40)49/h7,9,18-26,31-32,39,41-45H,5-6,8,10-17H2,1-4H3,(H,37,48)(H2,36,38,49)/t18?,19-,20-,21+,22-,23-,24?,25-,26?,31+,32+/m0/s1. The molecular weight excluding hydrogens is 753 g/mol. The van der Waals surface area contributed by atoms with Crippen LogP contribution in [0.4, 0.5) is 10.2 Å². The summed E-state index contributed by atoms with van der Waals surface area (Å²) in [6.45, 7) is 5.57. The number of nitrogen functional groups attached to an aromatic ring is 1. The fraction of sp³-hybridized carbons (Fsp3) is 0.794. The van der Waals surface area contributed by atoms with Gasteiger partial charge in [0.05, 0.1) is 49.6 Å². The van der Waals surface area contributed by atoms with E-state index in [0.29, 0.717) is 6.42 Å². The molecule has 2 aliphatic rings. The van der Waals surface area contributed by atoms with Gasteiger partial charge in [-0.3, -0.25) is 14.2 Å². The van der Waals surface area contributed by atoms with Crippen LogP contribution in [0.1, 0.15) is 66.0 Å². The normalized spacial score (nSPS) is 26.5. The molecule has 21 heteroatoms. The molecule has 55 heavy (non-hydrogen) atoms. The third-order valence-corrected chi connectivity index (χ3v) is 10.2. The molecule has 2 aliphatic heterocycles. The Morgan fingerprint density at radius 1 is 1.15 bits per heavy atom. The van der Waals surface area contributed by atoms with Gasteiger partial charge in [-0.1, -0.05) is 6.92 Å². The van der Waals surface area contributed by atoms with E-state index in [2.05, 4.69) is 15.6 Å². The SMILES string of the molecule is CCC(C)(C)N[C@H](CSCC(O)[C@H](CC(C)O)O[C@@H]1OC(CO)[C@@H](O)C[C@@H]1O)C(=O)NCCC(=O)OCC(=O)OC[C@@H]1C[C@H](F)[C@H](n2ccc(N)nc2=O)O1. The summed E-state index contributed by atoms with van der Waals surface area (Å²) in [5.41, 5.74) is 4.21. The molecule has 314 valence electrons. The summed E-state index contributed by atoms with van der Waals surface area (Å²) in [7, 11) is 0. The minimum Gasteiger partial charge on any atom is -0.460 e. The van der Waals surface area contributed by atoms with Gasteiger partial charge in [0.2, 0.25) is 5.91 Å². The number of aliphatic hydroxyl groups excluding tert-OH is 5. The molecule has 0 spiro atoms. The zero-order chi connectivity index (χ0) is 40.9. The molecule has 1 aromatic rings. The van der Waals surface area contributed by atoms with Gasteiger partial charge >= 0.3 is 17.6 Å². The molecule has 9 N–H and O–H groups in total. The maximum Gasteiger partial charge on any atom is 0.351 e. The van der Waals surface area contributed by atoms with Gasteiger partial charge in [0, 0.05) is 49.0 Å². The number of carbonyl (C=O) groups is 3. The summed E-state index contributed by atoms with van der Waals surface area (Å²) >= 11 is 1.22. The van der Waals surface area contributed by atoms with Crippen LogP contribution in [0.25, 0.3) is 0 Å². The number of carbonyl (C=O) groups excluding carboxylic acids is 3. The Bertz CT molecular complexity index is 1440. The summed E-state index contributed by atoms with van der Waals surface area (Å²) in [6.07, 6.45) is -9.95. The van der Waals surface area contributed by atoms with E-state index >= 15 is 0 Å². The molecule has 3 rings (SSSR count). The number of nitrogens with two attached hydrogens (primary N) is 1. The zero-order valence-electron chi connectivity index (χ0n) is 31.5. The maximum atomic E-state index is 14.5. The van der Waals surface area contributed by atoms with Crippen LogP contribution in [0.3, 0.4) is 0 Å². The molecule has 1 amide bonds. The monoisotopic (exact) mass is 809 g/mol. The molecular formula is C34H56FN5O14S. The van der Waals surface area contributed by atoms with E-state index < -0.39 is 110 Å². The molecule has 0 radical (unpaired) electrons. The van der Waals surface area contributed by atoms with Crippen molar-refractivity contribution in [3.8, 4) is 0 Å². The number of alkyl halides is 1. The van der Waals surface area contributed by atoms with Crippen molar-refractivity contribution >= 4 is 35.4 Å². The lowest BCUT2D eigenvalue weighted by Crippen LogP contribution is -2.54. The molecule has 2 saturated heterocycles. The van der Waals surface area contributed by atoms with Gasteiger partial charge < -0.3 is 65.6 Å². The van der Waals surface area contributed by atoms with Gasteiger partial charge in [0.1, 0.15) is 30.8 Å². The number of anilines is 1. The molecule has 0 saturated carbocycles. The summed E-state index contributed by atoms with van der Waals surface area (Å²) in [5, 5.41) is 56.8. The molecule has 11 atom stereocenters. The van der Waals surface area contributed by atoms with Crippen molar-refractivity contribution in [1.29, 1.82) is 0 Å². The lowest BCUT2D eigenvalue weighted by Gasteiger charge is -2.39. The van der Waals surface area contributed by atoms with Crippen LogP contribution in [-0.2, 0) is 38.1 Å². The van der Waals surface area contributed by atoms with Crippen LogP contribution in [0.15, 0.2) is 17.1 Å². The number of rotatable bonds is 22. The maximum absolute atomic E-state index is 14.5. The highest BCUT2D eigenvalue weighted by Crippen LogP contribution is 2.31. The number of thioether (sulfide) groups is 1. The van der Waals surface area contributed by atoms with Gasteiger partial charge in [-0.05, 0) is 33.3 Å². The van der Waals surface area contributed by atoms with Gasteiger partial charge in [0.15, 0.2) is 19.1 Å². The van der Waals surface area contributed by atoms with Crippen LogP contribution in [0, 0.1) is 0 Å². The summed E-state index contributed by atoms with van der Waals surface area (Å²) < 4.78 is 42.3. The molecule has 3 heterocycles. The summed E-state index contributed by atoms with van der Waals surface area (Å²) in [5.74, 6) is -1.91. The Labute approximate surface area is 322 Å². The van der Waals surface area contributed by atoms with E-state index in [1.807, 2.05) is 20.8 Å². The number of nitrogens with one attached hydrogen (secondary N) is 2. The Hall–Kier alpha value is -2.99. The van der Waals surface area contributed by atoms with E-state index in [1.54, 1.807) is 0 Å². The molecule has 0 bridgehead atoms. The fourth-order valence-electron chi connectivity index (χ4n) is 5.66. The van der Waals surface area contributed by atoms with Crippen molar-refractivity contribution in [3.05, 3.63) is 22.7 Å². The van der Waals surface area contributed by atoms with Gasteiger partial charge in [-0.25, -0.2) is 14.0 Å². The quantitative estimate of drug-likeness (QED) is 0.0604. The molecule has 0 aliphatic carbocycles. The number of ether oxygens (including phenoxy) is 5. The second-order valence-corrected chi connectivity index (χ2v) is 15.3. The first-order valence-corrected chi connectivity index (χ1v) is 19.3. The Balaban J connectivity index is 1.42. The number of aromatic nitrogens is 2.